The summed E-state index contributed by atoms with van der Waals surface area (Å²) in [5.74, 6) is 1.01. The second kappa shape index (κ2) is 8.29. The Bertz CT molecular complexity index is 782. The van der Waals surface area contributed by atoms with Crippen LogP contribution in [0.2, 0.25) is 0 Å². The van der Waals surface area contributed by atoms with E-state index in [0.717, 1.165) is 32.0 Å². The molecule has 0 aromatic heterocycles. The van der Waals surface area contributed by atoms with Gasteiger partial charge in [-0.1, -0.05) is 60.7 Å². The molecule has 2 saturated heterocycles. The smallest absolute Gasteiger partial charge is 0.221 e. The molecule has 0 bridgehead atoms. The van der Waals surface area contributed by atoms with E-state index in [1.165, 1.54) is 24.0 Å². The first-order chi connectivity index (χ1) is 14.3. The van der Waals surface area contributed by atoms with Gasteiger partial charge in [0.05, 0.1) is 12.7 Å². The number of hydrogen-bond acceptors (Lipinski definition) is 3. The molecule has 0 radical (unpaired) electrons. The zero-order chi connectivity index (χ0) is 19.6. The van der Waals surface area contributed by atoms with Gasteiger partial charge in [-0.05, 0) is 36.3 Å². The molecule has 1 N–H and O–H groups in total. The van der Waals surface area contributed by atoms with Crippen LogP contribution in [0.25, 0.3) is 0 Å². The summed E-state index contributed by atoms with van der Waals surface area (Å²) < 4.78 is 6.09. The molecule has 2 aromatic rings. The molecule has 3 aliphatic rings. The van der Waals surface area contributed by atoms with Crippen molar-refractivity contribution in [1.29, 1.82) is 0 Å². The van der Waals surface area contributed by atoms with Crippen LogP contribution in [-0.2, 0) is 9.53 Å². The van der Waals surface area contributed by atoms with Crippen molar-refractivity contribution in [2.24, 2.45) is 5.92 Å². The van der Waals surface area contributed by atoms with E-state index in [4.69, 9.17) is 4.74 Å². The molecule has 3 fully saturated rings. The summed E-state index contributed by atoms with van der Waals surface area (Å²) in [6.45, 7) is 2.83. The highest BCUT2D eigenvalue weighted by Gasteiger charge is 2.42. The summed E-state index contributed by atoms with van der Waals surface area (Å²) in [5.41, 5.74) is 2.39. The number of ether oxygens (including phenoxy) is 1. The number of nitrogens with zero attached hydrogens (tertiary/aromatic N) is 1. The van der Waals surface area contributed by atoms with Crippen molar-refractivity contribution in [2.75, 3.05) is 19.7 Å². The lowest BCUT2D eigenvalue weighted by atomic mass is 9.88. The average Bonchev–Trinajstić information content (AvgIpc) is 3.53. The van der Waals surface area contributed by atoms with Gasteiger partial charge in [0.2, 0.25) is 5.91 Å². The average molecular weight is 391 g/mol. The Hall–Kier alpha value is -2.17. The minimum absolute atomic E-state index is 0.0870. The Balaban J connectivity index is 1.22. The van der Waals surface area contributed by atoms with E-state index in [1.807, 2.05) is 12.1 Å². The zero-order valence-electron chi connectivity index (χ0n) is 16.9. The van der Waals surface area contributed by atoms with Crippen LogP contribution in [0.5, 0.6) is 0 Å². The van der Waals surface area contributed by atoms with Crippen LogP contribution in [0, 0.1) is 5.92 Å². The van der Waals surface area contributed by atoms with Gasteiger partial charge in [0.15, 0.2) is 0 Å². The monoisotopic (exact) mass is 390 g/mol. The maximum atomic E-state index is 13.0. The van der Waals surface area contributed by atoms with E-state index >= 15 is 0 Å². The second-order valence-corrected chi connectivity index (χ2v) is 8.90. The van der Waals surface area contributed by atoms with Crippen molar-refractivity contribution in [2.45, 2.75) is 49.8 Å². The molecule has 1 aliphatic carbocycles. The van der Waals surface area contributed by atoms with Gasteiger partial charge in [-0.25, -0.2) is 0 Å². The molecule has 0 spiro atoms. The predicted molar refractivity (Wildman–Crippen MR) is 114 cm³/mol. The maximum absolute atomic E-state index is 13.0. The summed E-state index contributed by atoms with van der Waals surface area (Å²) in [5, 5.41) is 3.33. The van der Waals surface area contributed by atoms with Crippen LogP contribution < -0.4 is 5.32 Å². The van der Waals surface area contributed by atoms with Crippen LogP contribution in [0.4, 0.5) is 0 Å². The Morgan fingerprint density at radius 3 is 2.28 bits per heavy atom. The van der Waals surface area contributed by atoms with Crippen molar-refractivity contribution < 1.29 is 9.53 Å². The highest BCUT2D eigenvalue weighted by atomic mass is 16.5. The molecule has 1 amide bonds. The molecule has 3 atom stereocenters. The molecule has 2 aliphatic heterocycles. The standard InChI is InChI=1S/C25H30N2O2/c28-25(14-23(18-7-3-1-4-8-18)19-9-5-2-6-10-19)26-21-13-22-17-29-24(20-11-12-20)16-27(22)15-21/h1-10,20-24H,11-17H2,(H,26,28)/t21-,22-,24+/m0/s1. The summed E-state index contributed by atoms with van der Waals surface area (Å²) >= 11 is 0. The van der Waals surface area contributed by atoms with Gasteiger partial charge in [0.1, 0.15) is 0 Å². The van der Waals surface area contributed by atoms with Gasteiger partial charge in [0, 0.05) is 37.5 Å². The number of benzene rings is 2. The normalized spacial score (nSPS) is 27.0. The quantitative estimate of drug-likeness (QED) is 0.820. The fourth-order valence-corrected chi connectivity index (χ4v) is 5.03. The van der Waals surface area contributed by atoms with E-state index in [0.29, 0.717) is 18.6 Å². The molecule has 2 aromatic carbocycles. The van der Waals surface area contributed by atoms with Crippen LogP contribution in [0.15, 0.2) is 60.7 Å². The fraction of sp³-hybridized carbons (Fsp3) is 0.480. The van der Waals surface area contributed by atoms with Gasteiger partial charge in [0.25, 0.3) is 0 Å². The Morgan fingerprint density at radius 1 is 1.00 bits per heavy atom. The minimum atomic E-state index is 0.0870. The first-order valence-electron chi connectivity index (χ1n) is 11.0. The molecule has 152 valence electrons. The molecule has 4 heteroatoms. The van der Waals surface area contributed by atoms with Crippen molar-refractivity contribution in [3.63, 3.8) is 0 Å². The molecular weight excluding hydrogens is 360 g/mol. The fourth-order valence-electron chi connectivity index (χ4n) is 5.03. The lowest BCUT2D eigenvalue weighted by Gasteiger charge is -2.35. The Kier molecular flexibility index (Phi) is 5.38. The van der Waals surface area contributed by atoms with Crippen LogP contribution in [-0.4, -0.2) is 48.7 Å². The molecule has 2 heterocycles. The van der Waals surface area contributed by atoms with Crippen molar-refractivity contribution in [3.05, 3.63) is 71.8 Å². The Morgan fingerprint density at radius 2 is 1.66 bits per heavy atom. The number of nitrogens with one attached hydrogen (secondary N) is 1. The van der Waals surface area contributed by atoms with E-state index in [2.05, 4.69) is 58.7 Å². The third kappa shape index (κ3) is 4.39. The molecule has 4 nitrogen and oxygen atoms in total. The number of amides is 1. The largest absolute Gasteiger partial charge is 0.375 e. The number of morpholine rings is 1. The number of fused-ring (bicyclic) bond motifs is 1. The molecule has 29 heavy (non-hydrogen) atoms. The summed E-state index contributed by atoms with van der Waals surface area (Å²) in [4.78, 5) is 15.5. The van der Waals surface area contributed by atoms with Crippen molar-refractivity contribution >= 4 is 5.91 Å². The lowest BCUT2D eigenvalue weighted by molar-refractivity contribution is -0.121. The maximum Gasteiger partial charge on any atom is 0.221 e. The third-order valence-electron chi connectivity index (χ3n) is 6.75. The topological polar surface area (TPSA) is 41.6 Å². The minimum Gasteiger partial charge on any atom is -0.375 e. The highest BCUT2D eigenvalue weighted by molar-refractivity contribution is 5.78. The Labute approximate surface area is 173 Å². The van der Waals surface area contributed by atoms with Gasteiger partial charge >= 0.3 is 0 Å². The van der Waals surface area contributed by atoms with Gasteiger partial charge in [-0.3, -0.25) is 9.69 Å². The first-order valence-corrected chi connectivity index (χ1v) is 11.0. The molecule has 0 unspecified atom stereocenters. The summed E-state index contributed by atoms with van der Waals surface area (Å²) in [7, 11) is 0. The van der Waals surface area contributed by atoms with Gasteiger partial charge in [-0.15, -0.1) is 0 Å². The van der Waals surface area contributed by atoms with Crippen molar-refractivity contribution in [3.8, 4) is 0 Å². The molecular formula is C25H30N2O2. The van der Waals surface area contributed by atoms with E-state index in [9.17, 15) is 4.79 Å². The predicted octanol–water partition coefficient (Wildman–Crippen LogP) is 3.58. The van der Waals surface area contributed by atoms with Gasteiger partial charge < -0.3 is 10.1 Å². The summed E-state index contributed by atoms with van der Waals surface area (Å²) in [6, 6.07) is 21.4. The van der Waals surface area contributed by atoms with Crippen molar-refractivity contribution in [1.82, 2.24) is 10.2 Å². The number of hydrogen-bond donors (Lipinski definition) is 1. The van der Waals surface area contributed by atoms with E-state index in [1.54, 1.807) is 0 Å². The van der Waals surface area contributed by atoms with Crippen LogP contribution >= 0.6 is 0 Å². The van der Waals surface area contributed by atoms with Gasteiger partial charge in [-0.2, -0.15) is 0 Å². The number of carbonyl (C=O) groups is 1. The van der Waals surface area contributed by atoms with Crippen LogP contribution in [0.3, 0.4) is 0 Å². The third-order valence-corrected chi connectivity index (χ3v) is 6.75. The number of rotatable bonds is 6. The second-order valence-electron chi connectivity index (χ2n) is 8.90. The van der Waals surface area contributed by atoms with E-state index in [-0.39, 0.29) is 17.9 Å². The lowest BCUT2D eigenvalue weighted by Crippen LogP contribution is -2.47. The SMILES string of the molecule is O=C(CC(c1ccccc1)c1ccccc1)N[C@H]1C[C@H]2CO[C@@H](C3CC3)CN2C1. The highest BCUT2D eigenvalue weighted by Crippen LogP contribution is 2.38. The zero-order valence-corrected chi connectivity index (χ0v) is 16.9. The summed E-state index contributed by atoms with van der Waals surface area (Å²) in [6.07, 6.45) is 4.55. The van der Waals surface area contributed by atoms with E-state index < -0.39 is 0 Å². The molecule has 1 saturated carbocycles. The first kappa shape index (κ1) is 18.8. The van der Waals surface area contributed by atoms with Crippen LogP contribution in [0.1, 0.15) is 42.7 Å². The molecule has 5 rings (SSSR count). The number of carbonyl (C=O) groups excluding carboxylic acids is 1.